The summed E-state index contributed by atoms with van der Waals surface area (Å²) in [5.74, 6) is 1.10. The maximum absolute atomic E-state index is 12.9. The number of aryl methyl sites for hydroxylation is 2. The molecule has 0 spiro atoms. The van der Waals surface area contributed by atoms with Gasteiger partial charge < -0.3 is 32.4 Å². The molecular formula is C29H38N8O5S2. The second-order valence-corrected chi connectivity index (χ2v) is 12.4. The van der Waals surface area contributed by atoms with E-state index in [0.29, 0.717) is 74.5 Å². The molecule has 2 fully saturated rings. The Kier molecular flexibility index (Phi) is 12.0. The third-order valence-corrected chi connectivity index (χ3v) is 8.94. The molecule has 0 radical (unpaired) electrons. The van der Waals surface area contributed by atoms with Crippen molar-refractivity contribution in [2.75, 3.05) is 24.6 Å². The standard InChI is InChI=1S/C29H38N8O5S2/c30-25(31)34-21-11-7-19(8-12-21)3-1-5-23(38)36-15-17-43-27(36)41-29(40)42-28-37(16-18-44-28)24(39)6-2-4-20-9-13-22(14-10-20)35-26(32)33/h7-14,27-28H,1-6,15-18H2,(H4,30,31,34)(H4,32,33,35). The minimum Gasteiger partial charge on any atom is -0.400 e. The Labute approximate surface area is 264 Å². The molecule has 0 aromatic heterocycles. The number of nitrogens with zero attached hydrogens (tertiary/aromatic N) is 4. The maximum Gasteiger partial charge on any atom is 0.513 e. The van der Waals surface area contributed by atoms with Crippen molar-refractivity contribution in [3.05, 3.63) is 59.7 Å². The molecule has 44 heavy (non-hydrogen) atoms. The summed E-state index contributed by atoms with van der Waals surface area (Å²) in [5.41, 5.74) is 23.5. The van der Waals surface area contributed by atoms with Crippen molar-refractivity contribution < 1.29 is 23.9 Å². The summed E-state index contributed by atoms with van der Waals surface area (Å²) in [6.07, 6.45) is 2.41. The Balaban J connectivity index is 1.18. The number of hydrogen-bond donors (Lipinski definition) is 4. The largest absolute Gasteiger partial charge is 0.513 e. The molecule has 2 saturated heterocycles. The number of amides is 2. The molecule has 2 aliphatic rings. The van der Waals surface area contributed by atoms with Crippen LogP contribution in [0.1, 0.15) is 36.8 Å². The van der Waals surface area contributed by atoms with E-state index < -0.39 is 17.3 Å². The third kappa shape index (κ3) is 9.98. The molecule has 4 rings (SSSR count). The van der Waals surface area contributed by atoms with Gasteiger partial charge in [0.1, 0.15) is 0 Å². The van der Waals surface area contributed by atoms with Crippen molar-refractivity contribution in [3.63, 3.8) is 0 Å². The summed E-state index contributed by atoms with van der Waals surface area (Å²) < 4.78 is 11.0. The summed E-state index contributed by atoms with van der Waals surface area (Å²) in [5, 5.41) is 0. The Morgan fingerprint density at radius 2 is 1.07 bits per heavy atom. The van der Waals surface area contributed by atoms with E-state index in [1.807, 2.05) is 48.5 Å². The highest BCUT2D eigenvalue weighted by atomic mass is 32.2. The van der Waals surface area contributed by atoms with Crippen LogP contribution in [-0.4, -0.2) is 75.4 Å². The predicted molar refractivity (Wildman–Crippen MR) is 173 cm³/mol. The zero-order chi connectivity index (χ0) is 31.5. The van der Waals surface area contributed by atoms with Crippen LogP contribution in [0.3, 0.4) is 0 Å². The van der Waals surface area contributed by atoms with Crippen LogP contribution in [0.4, 0.5) is 16.2 Å². The molecule has 2 aromatic carbocycles. The number of thioether (sulfide) groups is 2. The first-order valence-electron chi connectivity index (χ1n) is 14.2. The Morgan fingerprint density at radius 3 is 1.43 bits per heavy atom. The van der Waals surface area contributed by atoms with Gasteiger partial charge in [-0.05, 0) is 61.1 Å². The van der Waals surface area contributed by atoms with Crippen LogP contribution in [0.2, 0.25) is 0 Å². The fraction of sp³-hybridized carbons (Fsp3) is 0.414. The Morgan fingerprint density at radius 1 is 0.682 bits per heavy atom. The van der Waals surface area contributed by atoms with E-state index in [1.165, 1.54) is 23.5 Å². The van der Waals surface area contributed by atoms with E-state index in [1.54, 1.807) is 9.80 Å². The normalized spacial score (nSPS) is 17.6. The quantitative estimate of drug-likeness (QED) is 0.150. The maximum atomic E-state index is 12.9. The van der Waals surface area contributed by atoms with Gasteiger partial charge in [0.15, 0.2) is 11.9 Å². The van der Waals surface area contributed by atoms with E-state index in [2.05, 4.69) is 9.98 Å². The molecule has 0 saturated carbocycles. The minimum absolute atomic E-state index is 0.00292. The van der Waals surface area contributed by atoms with Gasteiger partial charge in [-0.3, -0.25) is 19.4 Å². The molecule has 2 heterocycles. The van der Waals surface area contributed by atoms with Crippen LogP contribution >= 0.6 is 23.5 Å². The molecule has 13 nitrogen and oxygen atoms in total. The predicted octanol–water partition coefficient (Wildman–Crippen LogP) is 2.71. The molecule has 236 valence electrons. The Bertz CT molecular complexity index is 1250. The first-order valence-corrected chi connectivity index (χ1v) is 16.3. The van der Waals surface area contributed by atoms with Gasteiger partial charge in [-0.25, -0.2) is 14.8 Å². The van der Waals surface area contributed by atoms with E-state index in [-0.39, 0.29) is 23.7 Å². The van der Waals surface area contributed by atoms with Gasteiger partial charge in [-0.2, -0.15) is 0 Å². The lowest BCUT2D eigenvalue weighted by Crippen LogP contribution is -2.40. The number of hydrogen-bond acceptors (Lipinski definition) is 9. The van der Waals surface area contributed by atoms with Crippen molar-refractivity contribution in [1.29, 1.82) is 0 Å². The fourth-order valence-electron chi connectivity index (χ4n) is 4.71. The number of aliphatic imine (C=N–C) groups is 2. The molecule has 8 N–H and O–H groups in total. The number of carbonyl (C=O) groups excluding carboxylic acids is 3. The molecule has 15 heteroatoms. The minimum atomic E-state index is -0.902. The molecule has 2 aliphatic heterocycles. The van der Waals surface area contributed by atoms with E-state index >= 15 is 0 Å². The van der Waals surface area contributed by atoms with Crippen LogP contribution in [0.5, 0.6) is 0 Å². The second kappa shape index (κ2) is 16.1. The van der Waals surface area contributed by atoms with Crippen molar-refractivity contribution in [1.82, 2.24) is 9.80 Å². The monoisotopic (exact) mass is 642 g/mol. The number of ether oxygens (including phenoxy) is 2. The Hall–Kier alpha value is -4.11. The van der Waals surface area contributed by atoms with E-state index in [9.17, 15) is 14.4 Å². The highest BCUT2D eigenvalue weighted by Gasteiger charge is 2.36. The molecular weight excluding hydrogens is 605 g/mol. The molecule has 0 aliphatic carbocycles. The van der Waals surface area contributed by atoms with Gasteiger partial charge >= 0.3 is 6.16 Å². The summed E-state index contributed by atoms with van der Waals surface area (Å²) in [6, 6.07) is 15.0. The van der Waals surface area contributed by atoms with Gasteiger partial charge in [0, 0.05) is 37.4 Å². The first-order chi connectivity index (χ1) is 21.2. The summed E-state index contributed by atoms with van der Waals surface area (Å²) >= 11 is 2.73. The second-order valence-electron chi connectivity index (χ2n) is 10.1. The number of guanidine groups is 2. The number of rotatable bonds is 12. The summed E-state index contributed by atoms with van der Waals surface area (Å²) in [6.45, 7) is 0.961. The molecule has 2 aromatic rings. The highest BCUT2D eigenvalue weighted by Crippen LogP contribution is 2.30. The zero-order valence-electron chi connectivity index (χ0n) is 24.3. The SMILES string of the molecule is NC(N)=Nc1ccc(CCCC(=O)N2CCSC2OC(=O)OC2SCCN2C(=O)CCCc2ccc(N=C(N)N)cc2)cc1. The van der Waals surface area contributed by atoms with Crippen LogP contribution in [0, 0.1) is 0 Å². The zero-order valence-corrected chi connectivity index (χ0v) is 25.9. The number of nitrogens with two attached hydrogens (primary N) is 4. The van der Waals surface area contributed by atoms with Crippen LogP contribution in [-0.2, 0) is 31.9 Å². The van der Waals surface area contributed by atoms with Crippen LogP contribution < -0.4 is 22.9 Å². The van der Waals surface area contributed by atoms with E-state index in [0.717, 1.165) is 11.1 Å². The van der Waals surface area contributed by atoms with Crippen molar-refractivity contribution in [2.45, 2.75) is 49.6 Å². The van der Waals surface area contributed by atoms with Crippen LogP contribution in [0.15, 0.2) is 58.5 Å². The van der Waals surface area contributed by atoms with Gasteiger partial charge in [-0.1, -0.05) is 47.8 Å². The number of carbonyl (C=O) groups is 3. The highest BCUT2D eigenvalue weighted by molar-refractivity contribution is 8.00. The van der Waals surface area contributed by atoms with Crippen molar-refractivity contribution in [3.8, 4) is 0 Å². The first kappa shape index (κ1) is 32.8. The lowest BCUT2D eigenvalue weighted by molar-refractivity contribution is -0.138. The van der Waals surface area contributed by atoms with Gasteiger partial charge in [0.05, 0.1) is 11.4 Å². The average molecular weight is 643 g/mol. The lowest BCUT2D eigenvalue weighted by Gasteiger charge is -2.26. The smallest absolute Gasteiger partial charge is 0.400 e. The summed E-state index contributed by atoms with van der Waals surface area (Å²) in [4.78, 5) is 49.6. The van der Waals surface area contributed by atoms with Crippen molar-refractivity contribution >= 4 is 64.8 Å². The molecule has 2 amide bonds. The van der Waals surface area contributed by atoms with Gasteiger partial charge in [0.25, 0.3) is 0 Å². The van der Waals surface area contributed by atoms with Crippen molar-refractivity contribution in [2.24, 2.45) is 32.9 Å². The lowest BCUT2D eigenvalue weighted by atomic mass is 10.1. The topological polar surface area (TPSA) is 205 Å². The number of benzene rings is 2. The van der Waals surface area contributed by atoms with Gasteiger partial charge in [0.2, 0.25) is 22.9 Å². The third-order valence-electron chi connectivity index (χ3n) is 6.83. The van der Waals surface area contributed by atoms with Gasteiger partial charge in [-0.15, -0.1) is 0 Å². The van der Waals surface area contributed by atoms with Crippen LogP contribution in [0.25, 0.3) is 0 Å². The fourth-order valence-corrected chi connectivity index (χ4v) is 6.82. The molecule has 2 unspecified atom stereocenters. The molecule has 0 bridgehead atoms. The van der Waals surface area contributed by atoms with E-state index in [4.69, 9.17) is 32.4 Å². The molecule has 2 atom stereocenters. The average Bonchev–Trinajstić information content (AvgIpc) is 3.64. The summed E-state index contributed by atoms with van der Waals surface area (Å²) in [7, 11) is 0.